The number of anilines is 1. The van der Waals surface area contributed by atoms with E-state index in [0.29, 0.717) is 6.42 Å². The van der Waals surface area contributed by atoms with Gasteiger partial charge in [0.1, 0.15) is 5.56 Å². The second-order valence-electron chi connectivity index (χ2n) is 5.73. The maximum Gasteiger partial charge on any atom is 0.339 e. The number of hydrogen-bond acceptors (Lipinski definition) is 4. The largest absolute Gasteiger partial charge is 0.478 e. The number of carboxylic acids is 1. The summed E-state index contributed by atoms with van der Waals surface area (Å²) in [6.07, 6.45) is 1.94. The van der Waals surface area contributed by atoms with Gasteiger partial charge in [-0.1, -0.05) is 20.8 Å². The molecular formula is C13H16N4O3. The van der Waals surface area contributed by atoms with E-state index in [9.17, 15) is 9.59 Å². The molecule has 0 bridgehead atoms. The summed E-state index contributed by atoms with van der Waals surface area (Å²) in [5, 5.41) is 19.3. The Labute approximate surface area is 115 Å². The summed E-state index contributed by atoms with van der Waals surface area (Å²) < 4.78 is 1.45. The fourth-order valence-electron chi connectivity index (χ4n) is 1.82. The molecule has 2 aromatic rings. The minimum Gasteiger partial charge on any atom is -0.478 e. The van der Waals surface area contributed by atoms with Crippen LogP contribution in [0.25, 0.3) is 5.65 Å². The van der Waals surface area contributed by atoms with Gasteiger partial charge in [-0.25, -0.2) is 4.79 Å². The number of fused-ring (bicyclic) bond motifs is 1. The standard InChI is InChI=1S/C13H16N4O3/c1-13(2,3)7-9(18)14-12-16-15-10-8(11(19)20)5-4-6-17(10)12/h4-6H,7H2,1-3H3,(H,19,20)(H,14,16,18). The molecule has 2 heterocycles. The van der Waals surface area contributed by atoms with Crippen LogP contribution in [0.2, 0.25) is 0 Å². The highest BCUT2D eigenvalue weighted by Crippen LogP contribution is 2.19. The van der Waals surface area contributed by atoms with Crippen LogP contribution in [0.1, 0.15) is 37.6 Å². The lowest BCUT2D eigenvalue weighted by Crippen LogP contribution is -2.20. The monoisotopic (exact) mass is 276 g/mol. The first-order chi connectivity index (χ1) is 9.28. The van der Waals surface area contributed by atoms with E-state index in [4.69, 9.17) is 5.11 Å². The van der Waals surface area contributed by atoms with Crippen LogP contribution in [0.15, 0.2) is 18.3 Å². The maximum atomic E-state index is 11.9. The third-order valence-electron chi connectivity index (χ3n) is 2.61. The Morgan fingerprint density at radius 3 is 2.65 bits per heavy atom. The molecule has 0 spiro atoms. The van der Waals surface area contributed by atoms with Gasteiger partial charge >= 0.3 is 5.97 Å². The lowest BCUT2D eigenvalue weighted by molar-refractivity contribution is -0.117. The lowest BCUT2D eigenvalue weighted by Gasteiger charge is -2.16. The maximum absolute atomic E-state index is 11.9. The van der Waals surface area contributed by atoms with Gasteiger partial charge in [-0.15, -0.1) is 10.2 Å². The molecule has 2 rings (SSSR count). The van der Waals surface area contributed by atoms with E-state index in [1.807, 2.05) is 20.8 Å². The summed E-state index contributed by atoms with van der Waals surface area (Å²) in [6.45, 7) is 5.87. The third-order valence-corrected chi connectivity index (χ3v) is 2.61. The second kappa shape index (κ2) is 4.92. The molecule has 7 heteroatoms. The van der Waals surface area contributed by atoms with Crippen molar-refractivity contribution >= 4 is 23.5 Å². The Bertz CT molecular complexity index is 670. The van der Waals surface area contributed by atoms with Gasteiger partial charge in [0.15, 0.2) is 5.65 Å². The highest BCUT2D eigenvalue weighted by atomic mass is 16.4. The summed E-state index contributed by atoms with van der Waals surface area (Å²) >= 11 is 0. The zero-order chi connectivity index (χ0) is 14.9. The zero-order valence-corrected chi connectivity index (χ0v) is 11.5. The average molecular weight is 276 g/mol. The number of nitrogens with one attached hydrogen (secondary N) is 1. The molecular weight excluding hydrogens is 260 g/mol. The number of hydrogen-bond donors (Lipinski definition) is 2. The SMILES string of the molecule is CC(C)(C)CC(=O)Nc1nnc2c(C(=O)O)cccn12. The number of pyridine rings is 1. The predicted octanol–water partition coefficient (Wildman–Crippen LogP) is 1.80. The van der Waals surface area contributed by atoms with Crippen molar-refractivity contribution in [1.82, 2.24) is 14.6 Å². The number of nitrogens with zero attached hydrogens (tertiary/aromatic N) is 3. The topological polar surface area (TPSA) is 96.6 Å². The van der Waals surface area contributed by atoms with Gasteiger partial charge in [0.2, 0.25) is 11.9 Å². The molecule has 0 aromatic carbocycles. The molecule has 0 unspecified atom stereocenters. The molecule has 0 saturated carbocycles. The first-order valence-electron chi connectivity index (χ1n) is 6.15. The summed E-state index contributed by atoms with van der Waals surface area (Å²) in [5.74, 6) is -1.06. The molecule has 1 amide bonds. The number of aromatic carboxylic acids is 1. The van der Waals surface area contributed by atoms with Crippen LogP contribution in [0.3, 0.4) is 0 Å². The molecule has 0 fully saturated rings. The number of amides is 1. The van der Waals surface area contributed by atoms with E-state index in [2.05, 4.69) is 15.5 Å². The van der Waals surface area contributed by atoms with Crippen LogP contribution in [0.4, 0.5) is 5.95 Å². The van der Waals surface area contributed by atoms with Gasteiger partial charge in [0.25, 0.3) is 0 Å². The molecule has 7 nitrogen and oxygen atoms in total. The van der Waals surface area contributed by atoms with E-state index >= 15 is 0 Å². The second-order valence-corrected chi connectivity index (χ2v) is 5.73. The molecule has 106 valence electrons. The van der Waals surface area contributed by atoms with Crippen LogP contribution < -0.4 is 5.32 Å². The minimum absolute atomic E-state index is 0.0383. The summed E-state index contributed by atoms with van der Waals surface area (Å²) in [7, 11) is 0. The molecule has 0 aliphatic heterocycles. The van der Waals surface area contributed by atoms with Crippen molar-refractivity contribution in [2.75, 3.05) is 5.32 Å². The minimum atomic E-state index is -1.09. The van der Waals surface area contributed by atoms with Crippen molar-refractivity contribution in [3.8, 4) is 0 Å². The van der Waals surface area contributed by atoms with E-state index in [0.717, 1.165) is 0 Å². The summed E-state index contributed by atoms with van der Waals surface area (Å²) in [6, 6.07) is 3.01. The normalized spacial score (nSPS) is 11.6. The molecule has 2 N–H and O–H groups in total. The number of aromatic nitrogens is 3. The van der Waals surface area contributed by atoms with E-state index in [-0.39, 0.29) is 28.5 Å². The quantitative estimate of drug-likeness (QED) is 0.891. The van der Waals surface area contributed by atoms with Crippen LogP contribution in [-0.4, -0.2) is 31.6 Å². The Morgan fingerprint density at radius 1 is 1.35 bits per heavy atom. The van der Waals surface area contributed by atoms with Crippen molar-refractivity contribution in [1.29, 1.82) is 0 Å². The molecule has 0 radical (unpaired) electrons. The van der Waals surface area contributed by atoms with E-state index in [1.54, 1.807) is 12.3 Å². The summed E-state index contributed by atoms with van der Waals surface area (Å²) in [5.41, 5.74) is 0.0963. The molecule has 0 saturated heterocycles. The number of carbonyl (C=O) groups excluding carboxylic acids is 1. The Kier molecular flexibility index (Phi) is 3.44. The third kappa shape index (κ3) is 2.93. The molecule has 20 heavy (non-hydrogen) atoms. The zero-order valence-electron chi connectivity index (χ0n) is 11.5. The Balaban J connectivity index is 2.31. The first kappa shape index (κ1) is 14.0. The van der Waals surface area contributed by atoms with Crippen LogP contribution in [0, 0.1) is 5.41 Å². The summed E-state index contributed by atoms with van der Waals surface area (Å²) in [4.78, 5) is 22.9. The van der Waals surface area contributed by atoms with Crippen LogP contribution in [-0.2, 0) is 4.79 Å². The number of rotatable bonds is 3. The first-order valence-corrected chi connectivity index (χ1v) is 6.15. The van der Waals surface area contributed by atoms with Gasteiger partial charge in [0, 0.05) is 12.6 Å². The Morgan fingerprint density at radius 2 is 2.05 bits per heavy atom. The van der Waals surface area contributed by atoms with Crippen molar-refractivity contribution in [2.45, 2.75) is 27.2 Å². The van der Waals surface area contributed by atoms with Gasteiger partial charge < -0.3 is 5.11 Å². The van der Waals surface area contributed by atoms with Crippen LogP contribution in [0.5, 0.6) is 0 Å². The predicted molar refractivity (Wildman–Crippen MR) is 72.6 cm³/mol. The van der Waals surface area contributed by atoms with E-state index in [1.165, 1.54) is 10.5 Å². The molecule has 0 aliphatic carbocycles. The molecule has 2 aromatic heterocycles. The van der Waals surface area contributed by atoms with Gasteiger partial charge in [-0.2, -0.15) is 0 Å². The molecule has 0 aliphatic rings. The van der Waals surface area contributed by atoms with Gasteiger partial charge in [-0.05, 0) is 17.5 Å². The Hall–Kier alpha value is -2.44. The average Bonchev–Trinajstić information content (AvgIpc) is 2.69. The molecule has 0 atom stereocenters. The fourth-order valence-corrected chi connectivity index (χ4v) is 1.82. The van der Waals surface area contributed by atoms with Crippen molar-refractivity contribution in [3.63, 3.8) is 0 Å². The number of carboxylic acid groups (broad SMARTS) is 1. The van der Waals surface area contributed by atoms with Gasteiger partial charge in [-0.3, -0.25) is 14.5 Å². The lowest BCUT2D eigenvalue weighted by atomic mass is 9.92. The van der Waals surface area contributed by atoms with Crippen molar-refractivity contribution in [3.05, 3.63) is 23.9 Å². The number of carbonyl (C=O) groups is 2. The van der Waals surface area contributed by atoms with Gasteiger partial charge in [0.05, 0.1) is 0 Å². The van der Waals surface area contributed by atoms with Crippen molar-refractivity contribution < 1.29 is 14.7 Å². The van der Waals surface area contributed by atoms with E-state index < -0.39 is 5.97 Å². The van der Waals surface area contributed by atoms with Crippen LogP contribution >= 0.6 is 0 Å². The highest BCUT2D eigenvalue weighted by Gasteiger charge is 2.19. The highest BCUT2D eigenvalue weighted by molar-refractivity contribution is 5.95. The fraction of sp³-hybridized carbons (Fsp3) is 0.385. The smallest absolute Gasteiger partial charge is 0.339 e. The van der Waals surface area contributed by atoms with Crippen molar-refractivity contribution in [2.24, 2.45) is 5.41 Å².